The first kappa shape index (κ1) is 12.1. The molecule has 2 nitrogen and oxygen atoms in total. The Morgan fingerprint density at radius 2 is 1.62 bits per heavy atom. The van der Waals surface area contributed by atoms with Gasteiger partial charge in [0.05, 0.1) is 0 Å². The summed E-state index contributed by atoms with van der Waals surface area (Å²) in [5, 5.41) is 0. The lowest BCUT2D eigenvalue weighted by atomic mass is 10.0. The monoisotopic (exact) mass is 196 g/mol. The molecular weight excluding hydrogens is 185 g/mol. The summed E-state index contributed by atoms with van der Waals surface area (Å²) in [6.45, 7) is 1.17. The van der Waals surface area contributed by atoms with E-state index in [1.54, 1.807) is 0 Å². The van der Waals surface area contributed by atoms with Crippen LogP contribution >= 0.6 is 0 Å². The summed E-state index contributed by atoms with van der Waals surface area (Å²) in [7, 11) is 0. The minimum absolute atomic E-state index is 0.703. The van der Waals surface area contributed by atoms with Crippen molar-refractivity contribution in [1.82, 2.24) is 0 Å². The number of carbonyl (C=O) groups excluding carboxylic acids is 2. The van der Waals surface area contributed by atoms with Gasteiger partial charge in [-0.2, -0.15) is 0 Å². The molecule has 0 fully saturated rings. The molecule has 13 heavy (non-hydrogen) atoms. The number of alkyl halides is 3. The van der Waals surface area contributed by atoms with Gasteiger partial charge in [0.25, 0.3) is 0 Å². The van der Waals surface area contributed by atoms with Crippen LogP contribution in [0.5, 0.6) is 0 Å². The Balaban J connectivity index is 4.34. The maximum absolute atomic E-state index is 12.8. The van der Waals surface area contributed by atoms with Crippen LogP contribution in [0.25, 0.3) is 0 Å². The van der Waals surface area contributed by atoms with Gasteiger partial charge in [-0.25, -0.2) is 13.2 Å². The molecule has 0 aliphatic rings. The van der Waals surface area contributed by atoms with Crippen LogP contribution in [-0.4, -0.2) is 30.6 Å². The van der Waals surface area contributed by atoms with E-state index in [-0.39, 0.29) is 0 Å². The van der Waals surface area contributed by atoms with Crippen molar-refractivity contribution in [3.63, 3.8) is 0 Å². The molecule has 0 amide bonds. The van der Waals surface area contributed by atoms with Gasteiger partial charge < -0.3 is 0 Å². The molecule has 0 saturated carbocycles. The highest BCUT2D eigenvalue weighted by molar-refractivity contribution is 6.07. The zero-order valence-electron chi connectivity index (χ0n) is 7.39. The largest absolute Gasteiger partial charge is 0.296 e. The molecule has 76 valence electrons. The Kier molecular flexibility index (Phi) is 4.66. The summed E-state index contributed by atoms with van der Waals surface area (Å²) in [5.41, 5.74) is 0. The molecular formula is C8H11F3O2. The van der Waals surface area contributed by atoms with Crippen molar-refractivity contribution >= 4 is 11.6 Å². The molecule has 5 heteroatoms. The van der Waals surface area contributed by atoms with E-state index in [2.05, 4.69) is 0 Å². The van der Waals surface area contributed by atoms with E-state index < -0.39 is 36.5 Å². The summed E-state index contributed by atoms with van der Waals surface area (Å²) >= 11 is 0. The number of rotatable bonds is 5. The van der Waals surface area contributed by atoms with Crippen LogP contribution in [0.3, 0.4) is 0 Å². The Hall–Kier alpha value is -0.870. The molecule has 2 unspecified atom stereocenters. The zero-order valence-corrected chi connectivity index (χ0v) is 7.39. The summed E-state index contributed by atoms with van der Waals surface area (Å²) < 4.78 is 36.6. The SMILES string of the molecule is CC(C)C(=O)C(F)C(=O)C(F)CF. The smallest absolute Gasteiger partial charge is 0.219 e. The molecule has 0 heterocycles. The molecule has 0 rings (SSSR count). The fraction of sp³-hybridized carbons (Fsp3) is 0.750. The minimum Gasteiger partial charge on any atom is -0.296 e. The predicted molar refractivity (Wildman–Crippen MR) is 40.6 cm³/mol. The number of ketones is 2. The maximum Gasteiger partial charge on any atom is 0.219 e. The first-order chi connectivity index (χ1) is 5.91. The van der Waals surface area contributed by atoms with Crippen molar-refractivity contribution in [1.29, 1.82) is 0 Å². The average molecular weight is 196 g/mol. The number of hydrogen-bond donors (Lipinski definition) is 0. The minimum atomic E-state index is -2.54. The van der Waals surface area contributed by atoms with E-state index >= 15 is 0 Å². The van der Waals surface area contributed by atoms with E-state index in [9.17, 15) is 22.8 Å². The maximum atomic E-state index is 12.8. The highest BCUT2D eigenvalue weighted by atomic mass is 19.2. The van der Waals surface area contributed by atoms with Gasteiger partial charge in [-0.1, -0.05) is 13.8 Å². The highest BCUT2D eigenvalue weighted by Crippen LogP contribution is 2.09. The molecule has 0 aliphatic heterocycles. The van der Waals surface area contributed by atoms with Crippen LogP contribution in [0.1, 0.15) is 13.8 Å². The molecule has 0 spiro atoms. The quantitative estimate of drug-likeness (QED) is 0.623. The zero-order chi connectivity index (χ0) is 10.6. The molecule has 0 aromatic heterocycles. The first-order valence-corrected chi connectivity index (χ1v) is 3.83. The number of hydrogen-bond acceptors (Lipinski definition) is 2. The van der Waals surface area contributed by atoms with Crippen molar-refractivity contribution in [2.45, 2.75) is 26.2 Å². The van der Waals surface area contributed by atoms with Gasteiger partial charge in [-0.3, -0.25) is 9.59 Å². The summed E-state index contributed by atoms with van der Waals surface area (Å²) in [6, 6.07) is 0. The fourth-order valence-electron chi connectivity index (χ4n) is 0.668. The van der Waals surface area contributed by atoms with E-state index in [0.717, 1.165) is 0 Å². The van der Waals surface area contributed by atoms with Gasteiger partial charge in [0, 0.05) is 5.92 Å². The standard InChI is InChI=1S/C8H11F3O2/c1-4(2)7(12)6(11)8(13)5(10)3-9/h4-6H,3H2,1-2H3. The summed E-state index contributed by atoms with van der Waals surface area (Å²) in [6.07, 6.45) is -5.07. The average Bonchev–Trinajstić information content (AvgIpc) is 2.12. The van der Waals surface area contributed by atoms with Crippen molar-refractivity contribution in [2.24, 2.45) is 5.92 Å². The number of halogens is 3. The lowest BCUT2D eigenvalue weighted by Crippen LogP contribution is -2.35. The molecule has 0 bridgehead atoms. The van der Waals surface area contributed by atoms with Crippen LogP contribution in [0.4, 0.5) is 13.2 Å². The van der Waals surface area contributed by atoms with E-state index in [4.69, 9.17) is 0 Å². The third-order valence-electron chi connectivity index (χ3n) is 1.51. The van der Waals surface area contributed by atoms with Crippen molar-refractivity contribution in [3.8, 4) is 0 Å². The predicted octanol–water partition coefficient (Wildman–Crippen LogP) is 1.43. The highest BCUT2D eigenvalue weighted by Gasteiger charge is 2.33. The lowest BCUT2D eigenvalue weighted by Gasteiger charge is -2.09. The van der Waals surface area contributed by atoms with E-state index in [1.165, 1.54) is 13.8 Å². The fourth-order valence-corrected chi connectivity index (χ4v) is 0.668. The molecule has 0 aliphatic carbocycles. The molecule has 0 aromatic carbocycles. The Bertz CT molecular complexity index is 204. The Morgan fingerprint density at radius 3 is 1.92 bits per heavy atom. The molecule has 0 radical (unpaired) electrons. The Labute approximate surface area is 74.1 Å². The first-order valence-electron chi connectivity index (χ1n) is 3.83. The van der Waals surface area contributed by atoms with E-state index in [0.29, 0.717) is 0 Å². The second-order valence-corrected chi connectivity index (χ2v) is 2.94. The van der Waals surface area contributed by atoms with Crippen molar-refractivity contribution < 1.29 is 22.8 Å². The van der Waals surface area contributed by atoms with Gasteiger partial charge in [0.15, 0.2) is 12.0 Å². The topological polar surface area (TPSA) is 34.1 Å². The third kappa shape index (κ3) is 3.16. The Morgan fingerprint density at radius 1 is 1.15 bits per heavy atom. The van der Waals surface area contributed by atoms with Crippen LogP contribution in [0.2, 0.25) is 0 Å². The summed E-state index contributed by atoms with van der Waals surface area (Å²) in [5.74, 6) is -3.34. The third-order valence-corrected chi connectivity index (χ3v) is 1.51. The van der Waals surface area contributed by atoms with Gasteiger partial charge in [0.2, 0.25) is 12.0 Å². The van der Waals surface area contributed by atoms with Crippen molar-refractivity contribution in [2.75, 3.05) is 6.67 Å². The van der Waals surface area contributed by atoms with Gasteiger partial charge in [-0.05, 0) is 0 Å². The van der Waals surface area contributed by atoms with Crippen LogP contribution in [0, 0.1) is 5.92 Å². The molecule has 0 N–H and O–H groups in total. The van der Waals surface area contributed by atoms with E-state index in [1.807, 2.05) is 0 Å². The second kappa shape index (κ2) is 4.99. The second-order valence-electron chi connectivity index (χ2n) is 2.94. The van der Waals surface area contributed by atoms with Crippen LogP contribution in [-0.2, 0) is 9.59 Å². The van der Waals surface area contributed by atoms with Crippen LogP contribution in [0.15, 0.2) is 0 Å². The van der Waals surface area contributed by atoms with Gasteiger partial charge in [0.1, 0.15) is 6.67 Å². The molecule has 0 aromatic rings. The molecule has 0 saturated heterocycles. The van der Waals surface area contributed by atoms with Gasteiger partial charge in [-0.15, -0.1) is 0 Å². The number of carbonyl (C=O) groups is 2. The lowest BCUT2D eigenvalue weighted by molar-refractivity contribution is -0.139. The molecule has 2 atom stereocenters. The van der Waals surface area contributed by atoms with Gasteiger partial charge >= 0.3 is 0 Å². The summed E-state index contributed by atoms with van der Waals surface area (Å²) in [4.78, 5) is 21.4. The number of Topliss-reactive ketones (excluding diaryl/α,β-unsaturated/α-hetero) is 2. The normalized spacial score (nSPS) is 15.5. The van der Waals surface area contributed by atoms with Crippen molar-refractivity contribution in [3.05, 3.63) is 0 Å². The van der Waals surface area contributed by atoms with Crippen LogP contribution < -0.4 is 0 Å².